The molecule has 4 aromatic rings. The number of nitrogens with zero attached hydrogens (tertiary/aromatic N) is 2. The van der Waals surface area contributed by atoms with Crippen molar-refractivity contribution in [2.24, 2.45) is 0 Å². The van der Waals surface area contributed by atoms with Gasteiger partial charge in [-0.05, 0) is 42.0 Å². The summed E-state index contributed by atoms with van der Waals surface area (Å²) in [5.74, 6) is 2.08. The molecule has 0 radical (unpaired) electrons. The first-order chi connectivity index (χ1) is 16.2. The molecule has 33 heavy (non-hydrogen) atoms. The Hall–Kier alpha value is -3.68. The second-order valence-electron chi connectivity index (χ2n) is 7.98. The van der Waals surface area contributed by atoms with Crippen LogP contribution in [0.4, 0.5) is 5.82 Å². The summed E-state index contributed by atoms with van der Waals surface area (Å²) < 4.78 is 11.4. The molecule has 2 N–H and O–H groups in total. The van der Waals surface area contributed by atoms with E-state index in [1.165, 1.54) is 6.07 Å². The highest BCUT2D eigenvalue weighted by atomic mass is 16.5. The van der Waals surface area contributed by atoms with Gasteiger partial charge >= 0.3 is 0 Å². The maximum absolute atomic E-state index is 12.0. The number of hydrogen-bond donors (Lipinski definition) is 2. The molecule has 0 amide bonds. The Labute approximate surface area is 192 Å². The van der Waals surface area contributed by atoms with Gasteiger partial charge < -0.3 is 19.8 Å². The quantitative estimate of drug-likeness (QED) is 0.448. The minimum Gasteiger partial charge on any atom is -0.456 e. The highest BCUT2D eigenvalue weighted by molar-refractivity contribution is 5.84. The SMILES string of the molecule is O=c1cc(Oc2ccc(-c3ccc(NCCN4CCOCC4)nc3)cc2)c2ccccc2[nH]1. The molecule has 0 saturated carbocycles. The minimum atomic E-state index is -0.190. The van der Waals surface area contributed by atoms with E-state index >= 15 is 0 Å². The van der Waals surface area contributed by atoms with Gasteiger partial charge in [0.05, 0.1) is 18.7 Å². The fourth-order valence-electron chi connectivity index (χ4n) is 3.94. The van der Waals surface area contributed by atoms with Crippen LogP contribution in [0.25, 0.3) is 22.0 Å². The Balaban J connectivity index is 1.22. The number of aromatic amines is 1. The summed E-state index contributed by atoms with van der Waals surface area (Å²) in [5, 5.41) is 4.25. The van der Waals surface area contributed by atoms with E-state index in [4.69, 9.17) is 9.47 Å². The Morgan fingerprint density at radius 1 is 1.00 bits per heavy atom. The summed E-state index contributed by atoms with van der Waals surface area (Å²) in [6.45, 7) is 5.45. The van der Waals surface area contributed by atoms with E-state index in [1.54, 1.807) is 0 Å². The number of fused-ring (bicyclic) bond motifs is 1. The number of hydrogen-bond acceptors (Lipinski definition) is 6. The Morgan fingerprint density at radius 2 is 1.79 bits per heavy atom. The maximum atomic E-state index is 12.0. The van der Waals surface area contributed by atoms with Crippen molar-refractivity contribution in [1.29, 1.82) is 0 Å². The molecule has 5 rings (SSSR count). The van der Waals surface area contributed by atoms with Crippen LogP contribution in [0, 0.1) is 0 Å². The summed E-state index contributed by atoms with van der Waals surface area (Å²) >= 11 is 0. The van der Waals surface area contributed by atoms with Crippen molar-refractivity contribution in [3.63, 3.8) is 0 Å². The van der Waals surface area contributed by atoms with Crippen molar-refractivity contribution < 1.29 is 9.47 Å². The molecule has 0 spiro atoms. The summed E-state index contributed by atoms with van der Waals surface area (Å²) in [6, 6.07) is 20.9. The van der Waals surface area contributed by atoms with Crippen LogP contribution in [0.3, 0.4) is 0 Å². The van der Waals surface area contributed by atoms with E-state index in [1.807, 2.05) is 60.8 Å². The molecule has 2 aromatic heterocycles. The van der Waals surface area contributed by atoms with Crippen molar-refractivity contribution in [2.45, 2.75) is 0 Å². The highest BCUT2D eigenvalue weighted by Crippen LogP contribution is 2.29. The maximum Gasteiger partial charge on any atom is 0.252 e. The van der Waals surface area contributed by atoms with Crippen molar-refractivity contribution in [1.82, 2.24) is 14.9 Å². The standard InChI is InChI=1S/C26H26N4O3/c31-26-17-24(22-3-1-2-4-23(22)29-26)33-21-8-5-19(6-9-21)20-7-10-25(28-18-20)27-11-12-30-13-15-32-16-14-30/h1-10,17-18H,11-16H2,(H,27,28)(H,29,31). The predicted molar refractivity (Wildman–Crippen MR) is 130 cm³/mol. The van der Waals surface area contributed by atoms with Gasteiger partial charge in [0.25, 0.3) is 5.56 Å². The highest BCUT2D eigenvalue weighted by Gasteiger charge is 2.10. The molecule has 2 aromatic carbocycles. The molecule has 0 unspecified atom stereocenters. The smallest absolute Gasteiger partial charge is 0.252 e. The molecular formula is C26H26N4O3. The molecule has 1 aliphatic heterocycles. The first-order valence-electron chi connectivity index (χ1n) is 11.1. The third-order valence-electron chi connectivity index (χ3n) is 5.73. The monoisotopic (exact) mass is 442 g/mol. The minimum absolute atomic E-state index is 0.190. The second-order valence-corrected chi connectivity index (χ2v) is 7.98. The zero-order chi connectivity index (χ0) is 22.5. The van der Waals surface area contributed by atoms with E-state index in [-0.39, 0.29) is 5.56 Å². The van der Waals surface area contributed by atoms with Crippen LogP contribution in [0.15, 0.2) is 77.7 Å². The number of para-hydroxylation sites is 1. The van der Waals surface area contributed by atoms with Crippen LogP contribution in [-0.4, -0.2) is 54.3 Å². The Bertz CT molecular complexity index is 1260. The van der Waals surface area contributed by atoms with Gasteiger partial charge in [0.1, 0.15) is 17.3 Å². The van der Waals surface area contributed by atoms with Crippen LogP contribution in [0.5, 0.6) is 11.5 Å². The summed E-state index contributed by atoms with van der Waals surface area (Å²) in [4.78, 5) is 21.7. The molecule has 168 valence electrons. The van der Waals surface area contributed by atoms with Gasteiger partial charge in [-0.25, -0.2) is 4.98 Å². The number of benzene rings is 2. The van der Waals surface area contributed by atoms with E-state index in [9.17, 15) is 4.79 Å². The van der Waals surface area contributed by atoms with Crippen molar-refractivity contribution >= 4 is 16.7 Å². The second kappa shape index (κ2) is 9.85. The molecule has 0 bridgehead atoms. The predicted octanol–water partition coefficient (Wildman–Crippen LogP) is 4.13. The third-order valence-corrected chi connectivity index (χ3v) is 5.73. The van der Waals surface area contributed by atoms with Crippen molar-refractivity contribution in [2.75, 3.05) is 44.7 Å². The number of morpholine rings is 1. The summed E-state index contributed by atoms with van der Waals surface area (Å²) in [6.07, 6.45) is 1.87. The first kappa shape index (κ1) is 21.2. The molecule has 0 aliphatic carbocycles. The van der Waals surface area contributed by atoms with E-state index < -0.39 is 0 Å². The van der Waals surface area contributed by atoms with Gasteiger partial charge in [0.15, 0.2) is 0 Å². The van der Waals surface area contributed by atoms with Crippen LogP contribution >= 0.6 is 0 Å². The zero-order valence-electron chi connectivity index (χ0n) is 18.3. The number of nitrogens with one attached hydrogen (secondary N) is 2. The number of rotatable bonds is 7. The Kier molecular flexibility index (Phi) is 6.32. The lowest BCUT2D eigenvalue weighted by atomic mass is 10.1. The third kappa shape index (κ3) is 5.22. The Morgan fingerprint density at radius 3 is 2.58 bits per heavy atom. The van der Waals surface area contributed by atoms with Crippen molar-refractivity contribution in [3.8, 4) is 22.6 Å². The van der Waals surface area contributed by atoms with Crippen LogP contribution < -0.4 is 15.6 Å². The molecular weight excluding hydrogens is 416 g/mol. The van der Waals surface area contributed by atoms with E-state index in [0.29, 0.717) is 11.5 Å². The summed E-state index contributed by atoms with van der Waals surface area (Å²) in [7, 11) is 0. The molecule has 7 nitrogen and oxygen atoms in total. The molecule has 3 heterocycles. The van der Waals surface area contributed by atoms with E-state index in [0.717, 1.165) is 67.2 Å². The topological polar surface area (TPSA) is 79.5 Å². The molecule has 1 fully saturated rings. The molecule has 1 saturated heterocycles. The number of ether oxygens (including phenoxy) is 2. The fraction of sp³-hybridized carbons (Fsp3) is 0.231. The molecule has 7 heteroatoms. The lowest BCUT2D eigenvalue weighted by Gasteiger charge is -2.26. The van der Waals surface area contributed by atoms with Gasteiger partial charge in [-0.3, -0.25) is 9.69 Å². The number of aromatic nitrogens is 2. The van der Waals surface area contributed by atoms with Crippen LogP contribution in [-0.2, 0) is 4.74 Å². The average Bonchev–Trinajstić information content (AvgIpc) is 2.86. The van der Waals surface area contributed by atoms with Gasteiger partial charge in [-0.2, -0.15) is 0 Å². The van der Waals surface area contributed by atoms with Crippen LogP contribution in [0.1, 0.15) is 0 Å². The van der Waals surface area contributed by atoms with Gasteiger partial charge in [-0.1, -0.05) is 24.3 Å². The first-order valence-corrected chi connectivity index (χ1v) is 11.1. The van der Waals surface area contributed by atoms with E-state index in [2.05, 4.69) is 26.3 Å². The number of pyridine rings is 2. The lowest BCUT2D eigenvalue weighted by Crippen LogP contribution is -2.39. The van der Waals surface area contributed by atoms with Crippen molar-refractivity contribution in [3.05, 3.63) is 83.3 Å². The average molecular weight is 443 g/mol. The van der Waals surface area contributed by atoms with Gasteiger partial charge in [0, 0.05) is 49.4 Å². The zero-order valence-corrected chi connectivity index (χ0v) is 18.3. The lowest BCUT2D eigenvalue weighted by molar-refractivity contribution is 0.0398. The molecule has 0 atom stereocenters. The fourth-order valence-corrected chi connectivity index (χ4v) is 3.94. The van der Waals surface area contributed by atoms with Gasteiger partial charge in [0.2, 0.25) is 0 Å². The van der Waals surface area contributed by atoms with Gasteiger partial charge in [-0.15, -0.1) is 0 Å². The van der Waals surface area contributed by atoms with Crippen LogP contribution in [0.2, 0.25) is 0 Å². The largest absolute Gasteiger partial charge is 0.456 e. The number of anilines is 1. The summed E-state index contributed by atoms with van der Waals surface area (Å²) in [5.41, 5.74) is 2.64. The number of H-pyrrole nitrogens is 1. The molecule has 1 aliphatic rings. The normalized spacial score (nSPS) is 14.3.